The second kappa shape index (κ2) is 14.6. The fourth-order valence-electron chi connectivity index (χ4n) is 3.59. The lowest BCUT2D eigenvalue weighted by molar-refractivity contribution is -0.931. The third kappa shape index (κ3) is 13.5. The van der Waals surface area contributed by atoms with Crippen LogP contribution in [0.4, 0.5) is 13.2 Å². The number of likely N-dealkylation sites (tertiary alicyclic amines) is 1. The van der Waals surface area contributed by atoms with Crippen LogP contribution in [-0.4, -0.2) is 37.6 Å². The fourth-order valence-corrected chi connectivity index (χ4v) is 3.59. The molecule has 1 N–H and O–H groups in total. The largest absolute Gasteiger partial charge is 0.741 e. The molecular formula is C19H38F3NO3S. The van der Waals surface area contributed by atoms with Crippen LogP contribution in [-0.2, 0) is 10.1 Å². The van der Waals surface area contributed by atoms with E-state index < -0.39 is 15.6 Å². The van der Waals surface area contributed by atoms with Crippen LogP contribution < -0.4 is 4.90 Å². The minimum Gasteiger partial charge on any atom is -0.741 e. The van der Waals surface area contributed by atoms with Gasteiger partial charge < -0.3 is 9.45 Å². The summed E-state index contributed by atoms with van der Waals surface area (Å²) in [5, 5.41) is 0. The Morgan fingerprint density at radius 1 is 0.926 bits per heavy atom. The Labute approximate surface area is 163 Å². The molecule has 4 nitrogen and oxygen atoms in total. The summed E-state index contributed by atoms with van der Waals surface area (Å²) >= 11 is 0. The summed E-state index contributed by atoms with van der Waals surface area (Å²) in [7, 11) is -6.09. The molecular weight excluding hydrogens is 379 g/mol. The highest BCUT2D eigenvalue weighted by Crippen LogP contribution is 2.20. The summed E-state index contributed by atoms with van der Waals surface area (Å²) in [4.78, 5) is 1.95. The number of hydrogen-bond donors (Lipinski definition) is 1. The first kappa shape index (κ1) is 26.7. The summed E-state index contributed by atoms with van der Waals surface area (Å²) < 4.78 is 58.9. The van der Waals surface area contributed by atoms with E-state index in [0.29, 0.717) is 0 Å². The average Bonchev–Trinajstić information content (AvgIpc) is 2.59. The number of piperidine rings is 1. The number of hydrogen-bond acceptors (Lipinski definition) is 3. The van der Waals surface area contributed by atoms with Crippen LogP contribution in [0.25, 0.3) is 0 Å². The smallest absolute Gasteiger partial charge is 0.485 e. The van der Waals surface area contributed by atoms with Crippen molar-refractivity contribution in [3.8, 4) is 0 Å². The second-order valence-electron chi connectivity index (χ2n) is 7.51. The minimum absolute atomic E-state index is 1.01. The molecule has 2 atom stereocenters. The third-order valence-corrected chi connectivity index (χ3v) is 5.74. The van der Waals surface area contributed by atoms with Crippen molar-refractivity contribution < 1.29 is 31.0 Å². The van der Waals surface area contributed by atoms with Gasteiger partial charge in [-0.25, -0.2) is 8.42 Å². The summed E-state index contributed by atoms with van der Waals surface area (Å²) in [6.07, 6.45) is 19.0. The Hall–Kier alpha value is -0.340. The first-order valence-electron chi connectivity index (χ1n) is 10.5. The summed E-state index contributed by atoms with van der Waals surface area (Å²) in [6.45, 7) is 7.56. The van der Waals surface area contributed by atoms with E-state index in [9.17, 15) is 13.2 Å². The Bertz CT molecular complexity index is 456. The molecule has 8 heteroatoms. The zero-order valence-electron chi connectivity index (χ0n) is 17.0. The standard InChI is InChI=1S/C18H37N.CHF3O3S/c1-3-5-7-8-9-10-12-16-19-17-13-11-15-18(19)14-6-4-2;2-1(3,4)8(5,6)7/h18H,3-17H2,1-2H3;(H,5,6,7). The van der Waals surface area contributed by atoms with E-state index >= 15 is 0 Å². The lowest BCUT2D eigenvalue weighted by Gasteiger charge is -2.32. The van der Waals surface area contributed by atoms with E-state index in [4.69, 9.17) is 13.0 Å². The van der Waals surface area contributed by atoms with Crippen molar-refractivity contribution in [2.45, 2.75) is 109 Å². The topological polar surface area (TPSA) is 61.6 Å². The first-order valence-corrected chi connectivity index (χ1v) is 11.9. The van der Waals surface area contributed by atoms with Crippen molar-refractivity contribution in [1.29, 1.82) is 0 Å². The quantitative estimate of drug-likeness (QED) is 0.308. The van der Waals surface area contributed by atoms with Gasteiger partial charge in [0.2, 0.25) is 0 Å². The molecule has 1 heterocycles. The van der Waals surface area contributed by atoms with Gasteiger partial charge in [-0.1, -0.05) is 52.4 Å². The summed E-state index contributed by atoms with van der Waals surface area (Å²) in [5.41, 5.74) is -5.65. The molecule has 0 aromatic rings. The highest BCUT2D eigenvalue weighted by atomic mass is 32.2. The molecule has 1 rings (SSSR count). The van der Waals surface area contributed by atoms with E-state index in [1.165, 1.54) is 96.6 Å². The number of quaternary nitrogens is 1. The Kier molecular flexibility index (Phi) is 14.4. The predicted octanol–water partition coefficient (Wildman–Crippen LogP) is 4.42. The van der Waals surface area contributed by atoms with Gasteiger partial charge in [0.05, 0.1) is 19.1 Å². The molecule has 1 fully saturated rings. The molecule has 0 saturated carbocycles. The van der Waals surface area contributed by atoms with Gasteiger partial charge in [-0.3, -0.25) is 0 Å². The number of halogens is 3. The van der Waals surface area contributed by atoms with E-state index in [0.717, 1.165) is 6.04 Å². The Morgan fingerprint density at radius 3 is 1.96 bits per heavy atom. The lowest BCUT2D eigenvalue weighted by atomic mass is 9.97. The molecule has 0 aromatic heterocycles. The van der Waals surface area contributed by atoms with Crippen LogP contribution >= 0.6 is 0 Å². The van der Waals surface area contributed by atoms with E-state index in [2.05, 4.69) is 13.8 Å². The Morgan fingerprint density at radius 2 is 1.44 bits per heavy atom. The molecule has 0 bridgehead atoms. The van der Waals surface area contributed by atoms with Gasteiger partial charge in [-0.2, -0.15) is 13.2 Å². The third-order valence-electron chi connectivity index (χ3n) is 5.17. The average molecular weight is 418 g/mol. The zero-order valence-corrected chi connectivity index (χ0v) is 17.8. The highest BCUT2D eigenvalue weighted by Gasteiger charge is 2.36. The van der Waals surface area contributed by atoms with Crippen molar-refractivity contribution >= 4 is 10.1 Å². The normalized spacial score (nSPS) is 20.8. The summed E-state index contributed by atoms with van der Waals surface area (Å²) in [5.74, 6) is 0. The molecule has 164 valence electrons. The van der Waals surface area contributed by atoms with Crippen molar-refractivity contribution in [2.24, 2.45) is 0 Å². The monoisotopic (exact) mass is 417 g/mol. The van der Waals surface area contributed by atoms with Gasteiger partial charge in [-0.15, -0.1) is 0 Å². The highest BCUT2D eigenvalue weighted by molar-refractivity contribution is 7.86. The zero-order chi connectivity index (χ0) is 20.8. The van der Waals surface area contributed by atoms with Gasteiger partial charge >= 0.3 is 5.51 Å². The number of alkyl halides is 3. The number of rotatable bonds is 11. The number of nitrogens with one attached hydrogen (secondary N) is 1. The molecule has 1 aliphatic rings. The van der Waals surface area contributed by atoms with Crippen molar-refractivity contribution in [3.05, 3.63) is 0 Å². The van der Waals surface area contributed by atoms with Crippen molar-refractivity contribution in [1.82, 2.24) is 0 Å². The molecule has 0 aromatic carbocycles. The maximum atomic E-state index is 10.7. The molecule has 1 saturated heterocycles. The second-order valence-corrected chi connectivity index (χ2v) is 8.89. The molecule has 27 heavy (non-hydrogen) atoms. The maximum Gasteiger partial charge on any atom is 0.485 e. The maximum absolute atomic E-state index is 10.7. The van der Waals surface area contributed by atoms with Crippen LogP contribution in [0.1, 0.15) is 97.3 Å². The minimum atomic E-state index is -6.09. The SMILES string of the molecule is CCCCCCCCC[NH+]1CCCCC1CCCC.O=S(=O)([O-])C(F)(F)F. The fraction of sp³-hybridized carbons (Fsp3) is 1.00. The van der Waals surface area contributed by atoms with Gasteiger partial charge in [0.25, 0.3) is 0 Å². The van der Waals surface area contributed by atoms with Crippen LogP contribution in [0, 0.1) is 0 Å². The van der Waals surface area contributed by atoms with E-state index in [1.807, 2.05) is 4.90 Å². The van der Waals surface area contributed by atoms with Gasteiger partial charge in [0.1, 0.15) is 0 Å². The lowest BCUT2D eigenvalue weighted by Crippen LogP contribution is -3.16. The van der Waals surface area contributed by atoms with Crippen molar-refractivity contribution in [3.63, 3.8) is 0 Å². The predicted molar refractivity (Wildman–Crippen MR) is 102 cm³/mol. The van der Waals surface area contributed by atoms with Crippen LogP contribution in [0.15, 0.2) is 0 Å². The van der Waals surface area contributed by atoms with E-state index in [1.54, 1.807) is 0 Å². The van der Waals surface area contributed by atoms with Crippen LogP contribution in [0.3, 0.4) is 0 Å². The Balaban J connectivity index is 0.000000713. The van der Waals surface area contributed by atoms with Gasteiger partial charge in [0.15, 0.2) is 10.1 Å². The molecule has 0 spiro atoms. The van der Waals surface area contributed by atoms with Gasteiger partial charge in [0, 0.05) is 0 Å². The van der Waals surface area contributed by atoms with Crippen LogP contribution in [0.2, 0.25) is 0 Å². The van der Waals surface area contributed by atoms with Crippen LogP contribution in [0.5, 0.6) is 0 Å². The number of unbranched alkanes of at least 4 members (excludes halogenated alkanes) is 7. The molecule has 2 unspecified atom stereocenters. The van der Waals surface area contributed by atoms with Crippen molar-refractivity contribution in [2.75, 3.05) is 13.1 Å². The molecule has 0 aliphatic carbocycles. The first-order chi connectivity index (χ1) is 12.6. The van der Waals surface area contributed by atoms with Gasteiger partial charge in [-0.05, 0) is 44.9 Å². The molecule has 1 aliphatic heterocycles. The molecule has 0 radical (unpaired) electrons. The molecule has 0 amide bonds. The van der Waals surface area contributed by atoms with E-state index in [-0.39, 0.29) is 0 Å². The summed E-state index contributed by atoms with van der Waals surface area (Å²) in [6, 6.07) is 1.01.